The van der Waals surface area contributed by atoms with E-state index in [1.54, 1.807) is 11.0 Å². The Bertz CT molecular complexity index is 966. The summed E-state index contributed by atoms with van der Waals surface area (Å²) in [6, 6.07) is 12.6. The lowest BCUT2D eigenvalue weighted by atomic mass is 9.99. The number of hydrogen-bond donors (Lipinski definition) is 0. The molecule has 0 bridgehead atoms. The quantitative estimate of drug-likeness (QED) is 0.598. The van der Waals surface area contributed by atoms with Gasteiger partial charge in [-0.15, -0.1) is 11.3 Å². The lowest BCUT2D eigenvalue weighted by Gasteiger charge is -2.26. The van der Waals surface area contributed by atoms with Crippen molar-refractivity contribution in [3.05, 3.63) is 76.0 Å². The Kier molecular flexibility index (Phi) is 5.71. The van der Waals surface area contributed by atoms with Gasteiger partial charge in [-0.1, -0.05) is 35.9 Å². The number of rotatable bonds is 5. The Labute approximate surface area is 163 Å². The Morgan fingerprint density at radius 1 is 1.22 bits per heavy atom. The van der Waals surface area contributed by atoms with Crippen LogP contribution >= 0.6 is 11.3 Å². The van der Waals surface area contributed by atoms with Crippen LogP contribution in [-0.4, -0.2) is 22.8 Å². The molecule has 1 amide bonds. The van der Waals surface area contributed by atoms with Crippen LogP contribution in [0.1, 0.15) is 35.3 Å². The van der Waals surface area contributed by atoms with E-state index in [2.05, 4.69) is 37.0 Å². The molecule has 140 valence electrons. The molecule has 0 saturated carbocycles. The SMILES string of the molecule is Cc1ccc(C)c(C(C)N(C)C(=O)Cc2csc(-c3cccc(F)c3)n2)c1. The molecule has 0 spiro atoms. The van der Waals surface area contributed by atoms with Gasteiger partial charge in [-0.3, -0.25) is 4.79 Å². The topological polar surface area (TPSA) is 33.2 Å². The van der Waals surface area contributed by atoms with Crippen molar-refractivity contribution in [1.29, 1.82) is 0 Å². The Balaban J connectivity index is 1.72. The molecule has 0 aliphatic heterocycles. The van der Waals surface area contributed by atoms with E-state index in [0.717, 1.165) is 16.1 Å². The van der Waals surface area contributed by atoms with Crippen LogP contribution in [0.2, 0.25) is 0 Å². The van der Waals surface area contributed by atoms with Crippen LogP contribution in [0.3, 0.4) is 0 Å². The van der Waals surface area contributed by atoms with Crippen molar-refractivity contribution in [3.63, 3.8) is 0 Å². The standard InChI is InChI=1S/C22H23FN2OS/c1-14-8-9-15(2)20(10-14)16(3)25(4)21(26)12-19-13-27-22(24-19)17-6-5-7-18(23)11-17/h5-11,13,16H,12H2,1-4H3. The molecular weight excluding hydrogens is 359 g/mol. The lowest BCUT2D eigenvalue weighted by molar-refractivity contribution is -0.131. The van der Waals surface area contributed by atoms with Gasteiger partial charge in [0.2, 0.25) is 5.91 Å². The first-order chi connectivity index (χ1) is 12.8. The number of hydrogen-bond acceptors (Lipinski definition) is 3. The molecule has 1 unspecified atom stereocenters. The molecule has 0 fully saturated rings. The van der Waals surface area contributed by atoms with Crippen molar-refractivity contribution >= 4 is 17.2 Å². The number of nitrogens with zero attached hydrogens (tertiary/aromatic N) is 2. The van der Waals surface area contributed by atoms with Crippen LogP contribution in [0.5, 0.6) is 0 Å². The third-order valence-corrected chi connectivity index (χ3v) is 5.76. The van der Waals surface area contributed by atoms with E-state index in [9.17, 15) is 9.18 Å². The summed E-state index contributed by atoms with van der Waals surface area (Å²) in [5.74, 6) is -0.276. The molecule has 5 heteroatoms. The average Bonchev–Trinajstić information content (AvgIpc) is 3.11. The van der Waals surface area contributed by atoms with Crippen molar-refractivity contribution in [3.8, 4) is 10.6 Å². The van der Waals surface area contributed by atoms with Crippen LogP contribution in [-0.2, 0) is 11.2 Å². The number of aryl methyl sites for hydroxylation is 2. The summed E-state index contributed by atoms with van der Waals surface area (Å²) in [7, 11) is 1.83. The van der Waals surface area contributed by atoms with Crippen molar-refractivity contribution in [2.45, 2.75) is 33.2 Å². The summed E-state index contributed by atoms with van der Waals surface area (Å²) >= 11 is 1.43. The van der Waals surface area contributed by atoms with Gasteiger partial charge in [0.05, 0.1) is 18.2 Å². The summed E-state index contributed by atoms with van der Waals surface area (Å²) in [4.78, 5) is 19.0. The molecule has 2 aromatic carbocycles. The second-order valence-corrected chi connectivity index (χ2v) is 7.73. The van der Waals surface area contributed by atoms with Crippen LogP contribution < -0.4 is 0 Å². The van der Waals surface area contributed by atoms with Gasteiger partial charge < -0.3 is 4.90 Å². The minimum absolute atomic E-state index is 0.0134. The maximum atomic E-state index is 13.4. The zero-order valence-corrected chi connectivity index (χ0v) is 16.8. The second kappa shape index (κ2) is 8.01. The number of halogens is 1. The van der Waals surface area contributed by atoms with Crippen molar-refractivity contribution in [1.82, 2.24) is 9.88 Å². The molecule has 1 heterocycles. The maximum absolute atomic E-state index is 13.4. The van der Waals surface area contributed by atoms with E-state index in [1.165, 1.54) is 34.6 Å². The zero-order valence-electron chi connectivity index (χ0n) is 16.0. The van der Waals surface area contributed by atoms with Gasteiger partial charge >= 0.3 is 0 Å². The third kappa shape index (κ3) is 4.42. The Morgan fingerprint density at radius 3 is 2.74 bits per heavy atom. The highest BCUT2D eigenvalue weighted by molar-refractivity contribution is 7.13. The monoisotopic (exact) mass is 382 g/mol. The summed E-state index contributed by atoms with van der Waals surface area (Å²) in [6.45, 7) is 6.16. The largest absolute Gasteiger partial charge is 0.339 e. The van der Waals surface area contributed by atoms with Crippen LogP contribution in [0.25, 0.3) is 10.6 Å². The number of aromatic nitrogens is 1. The van der Waals surface area contributed by atoms with Crippen LogP contribution in [0, 0.1) is 19.7 Å². The van der Waals surface area contributed by atoms with Gasteiger partial charge in [-0.25, -0.2) is 9.37 Å². The van der Waals surface area contributed by atoms with Crippen LogP contribution in [0.4, 0.5) is 4.39 Å². The van der Waals surface area contributed by atoms with Gasteiger partial charge in [-0.05, 0) is 44.0 Å². The fraction of sp³-hybridized carbons (Fsp3) is 0.273. The Morgan fingerprint density at radius 2 is 2.00 bits per heavy atom. The maximum Gasteiger partial charge on any atom is 0.228 e. The molecule has 0 saturated heterocycles. The minimum Gasteiger partial charge on any atom is -0.339 e. The minimum atomic E-state index is -0.289. The smallest absolute Gasteiger partial charge is 0.228 e. The molecular formula is C22H23FN2OS. The Hall–Kier alpha value is -2.53. The van der Waals surface area contributed by atoms with E-state index >= 15 is 0 Å². The third-order valence-electron chi connectivity index (χ3n) is 4.81. The molecule has 27 heavy (non-hydrogen) atoms. The van der Waals surface area contributed by atoms with E-state index < -0.39 is 0 Å². The summed E-state index contributed by atoms with van der Waals surface area (Å²) in [6.07, 6.45) is 0.234. The summed E-state index contributed by atoms with van der Waals surface area (Å²) in [5.41, 5.74) is 4.96. The van der Waals surface area contributed by atoms with E-state index in [0.29, 0.717) is 5.69 Å². The van der Waals surface area contributed by atoms with Gasteiger partial charge in [-0.2, -0.15) is 0 Å². The van der Waals surface area contributed by atoms with E-state index in [1.807, 2.05) is 25.4 Å². The molecule has 3 nitrogen and oxygen atoms in total. The highest BCUT2D eigenvalue weighted by Gasteiger charge is 2.20. The van der Waals surface area contributed by atoms with E-state index in [-0.39, 0.29) is 24.2 Å². The number of amides is 1. The fourth-order valence-electron chi connectivity index (χ4n) is 3.06. The molecule has 3 aromatic rings. The average molecular weight is 383 g/mol. The first kappa shape index (κ1) is 19.2. The van der Waals surface area contributed by atoms with Crippen LogP contribution in [0.15, 0.2) is 47.8 Å². The molecule has 0 aliphatic rings. The van der Waals surface area contributed by atoms with Gasteiger partial charge in [0, 0.05) is 18.0 Å². The predicted molar refractivity (Wildman–Crippen MR) is 108 cm³/mol. The lowest BCUT2D eigenvalue weighted by Crippen LogP contribution is -2.31. The second-order valence-electron chi connectivity index (χ2n) is 6.87. The molecule has 1 atom stereocenters. The van der Waals surface area contributed by atoms with Crippen molar-refractivity contribution in [2.24, 2.45) is 0 Å². The predicted octanol–water partition coefficient (Wildman–Crippen LogP) is 5.33. The number of benzene rings is 2. The van der Waals surface area contributed by atoms with Crippen molar-refractivity contribution < 1.29 is 9.18 Å². The molecule has 1 aromatic heterocycles. The highest BCUT2D eigenvalue weighted by Crippen LogP contribution is 2.26. The zero-order chi connectivity index (χ0) is 19.6. The normalized spacial score (nSPS) is 12.0. The van der Waals surface area contributed by atoms with Crippen molar-refractivity contribution in [2.75, 3.05) is 7.05 Å². The number of carbonyl (C=O) groups is 1. The summed E-state index contributed by atoms with van der Waals surface area (Å²) in [5, 5.41) is 2.59. The molecule has 0 N–H and O–H groups in total. The highest BCUT2D eigenvalue weighted by atomic mass is 32.1. The number of likely N-dealkylation sites (N-methyl/N-ethyl adjacent to an activating group) is 1. The van der Waals surface area contributed by atoms with Gasteiger partial charge in [0.25, 0.3) is 0 Å². The fourth-order valence-corrected chi connectivity index (χ4v) is 3.87. The molecule has 0 radical (unpaired) electrons. The van der Waals surface area contributed by atoms with Gasteiger partial charge in [0.15, 0.2) is 0 Å². The first-order valence-electron chi connectivity index (χ1n) is 8.88. The number of thiazole rings is 1. The van der Waals surface area contributed by atoms with E-state index in [4.69, 9.17) is 0 Å². The first-order valence-corrected chi connectivity index (χ1v) is 9.76. The number of carbonyl (C=O) groups excluding carboxylic acids is 1. The van der Waals surface area contributed by atoms with Gasteiger partial charge in [0.1, 0.15) is 10.8 Å². The molecule has 0 aliphatic carbocycles. The summed E-state index contributed by atoms with van der Waals surface area (Å²) < 4.78 is 13.4. The molecule has 3 rings (SSSR count).